The van der Waals surface area contributed by atoms with Crippen LogP contribution in [-0.2, 0) is 19.5 Å². The molecule has 2 aromatic rings. The van der Waals surface area contributed by atoms with Crippen LogP contribution in [0.2, 0.25) is 5.02 Å². The molecule has 2 aliphatic heterocycles. The normalized spacial score (nSPS) is 18.3. The van der Waals surface area contributed by atoms with Gasteiger partial charge in [0.2, 0.25) is 5.95 Å². The third kappa shape index (κ3) is 4.30. The van der Waals surface area contributed by atoms with Crippen LogP contribution in [0.25, 0.3) is 0 Å². The Kier molecular flexibility index (Phi) is 6.38. The maximum Gasteiger partial charge on any atom is 0.225 e. The van der Waals surface area contributed by atoms with Crippen molar-refractivity contribution in [1.82, 2.24) is 14.9 Å². The van der Waals surface area contributed by atoms with Crippen LogP contribution in [0, 0.1) is 5.92 Å². The lowest BCUT2D eigenvalue weighted by Gasteiger charge is -2.32. The minimum absolute atomic E-state index is 0. The van der Waals surface area contributed by atoms with Crippen LogP contribution in [0.4, 0.5) is 5.95 Å². The summed E-state index contributed by atoms with van der Waals surface area (Å²) in [5.74, 6) is 1.75. The molecule has 0 atom stereocenters. The van der Waals surface area contributed by atoms with Crippen molar-refractivity contribution in [3.63, 3.8) is 0 Å². The predicted molar refractivity (Wildman–Crippen MR) is 109 cm³/mol. The van der Waals surface area contributed by atoms with E-state index < -0.39 is 0 Å². The Hall–Kier alpha value is -1.36. The average Bonchev–Trinajstić information content (AvgIpc) is 2.64. The first-order valence-corrected chi connectivity index (χ1v) is 9.62. The van der Waals surface area contributed by atoms with Crippen molar-refractivity contribution >= 4 is 30.0 Å². The van der Waals surface area contributed by atoms with Gasteiger partial charge in [0.05, 0.1) is 5.69 Å². The molecule has 140 valence electrons. The van der Waals surface area contributed by atoms with Crippen molar-refractivity contribution in [2.75, 3.05) is 24.5 Å². The first-order chi connectivity index (χ1) is 12.2. The summed E-state index contributed by atoms with van der Waals surface area (Å²) in [5, 5.41) is 0.847. The van der Waals surface area contributed by atoms with Gasteiger partial charge in [-0.1, -0.05) is 36.7 Å². The topological polar surface area (TPSA) is 32.3 Å². The lowest BCUT2D eigenvalue weighted by molar-refractivity contribution is 0.243. The molecule has 0 radical (unpaired) electrons. The Morgan fingerprint density at radius 3 is 2.69 bits per heavy atom. The van der Waals surface area contributed by atoms with Crippen LogP contribution >= 0.6 is 24.0 Å². The monoisotopic (exact) mass is 392 g/mol. The highest BCUT2D eigenvalue weighted by Gasteiger charge is 2.22. The molecule has 4 nitrogen and oxygen atoms in total. The molecule has 0 bridgehead atoms. The SMILES string of the molecule is CC1CCN(c2ncc3c(n2)CCN(Cc2ccccc2Cl)C3)CC1.Cl. The summed E-state index contributed by atoms with van der Waals surface area (Å²) in [6, 6.07) is 8.10. The summed E-state index contributed by atoms with van der Waals surface area (Å²) in [4.78, 5) is 14.3. The zero-order valence-electron chi connectivity index (χ0n) is 15.2. The average molecular weight is 393 g/mol. The molecule has 0 spiro atoms. The highest BCUT2D eigenvalue weighted by Crippen LogP contribution is 2.25. The number of hydrogen-bond acceptors (Lipinski definition) is 4. The summed E-state index contributed by atoms with van der Waals surface area (Å²) in [7, 11) is 0. The summed E-state index contributed by atoms with van der Waals surface area (Å²) in [6.45, 7) is 7.30. The van der Waals surface area contributed by atoms with E-state index in [9.17, 15) is 0 Å². The molecule has 1 fully saturated rings. The fourth-order valence-corrected chi connectivity index (χ4v) is 3.92. The smallest absolute Gasteiger partial charge is 0.225 e. The molecule has 2 aliphatic rings. The molecule has 1 aromatic carbocycles. The van der Waals surface area contributed by atoms with Crippen molar-refractivity contribution in [2.45, 2.75) is 39.3 Å². The van der Waals surface area contributed by atoms with E-state index in [1.165, 1.54) is 29.7 Å². The number of hydrogen-bond donors (Lipinski definition) is 0. The van der Waals surface area contributed by atoms with Gasteiger partial charge in [0.15, 0.2) is 0 Å². The van der Waals surface area contributed by atoms with Gasteiger partial charge in [0.25, 0.3) is 0 Å². The maximum atomic E-state index is 6.30. The quantitative estimate of drug-likeness (QED) is 0.776. The van der Waals surface area contributed by atoms with Crippen LogP contribution in [0.5, 0.6) is 0 Å². The predicted octanol–water partition coefficient (Wildman–Crippen LogP) is 4.35. The Morgan fingerprint density at radius 2 is 1.92 bits per heavy atom. The van der Waals surface area contributed by atoms with Gasteiger partial charge < -0.3 is 4.90 Å². The van der Waals surface area contributed by atoms with E-state index in [0.717, 1.165) is 56.0 Å². The molecule has 0 N–H and O–H groups in total. The van der Waals surface area contributed by atoms with Gasteiger partial charge in [-0.3, -0.25) is 4.90 Å². The van der Waals surface area contributed by atoms with Crippen LogP contribution < -0.4 is 4.90 Å². The Morgan fingerprint density at radius 1 is 1.15 bits per heavy atom. The Bertz CT molecular complexity index is 744. The summed E-state index contributed by atoms with van der Waals surface area (Å²) in [6.07, 6.45) is 5.51. The second-order valence-corrected chi connectivity index (χ2v) is 7.77. The zero-order valence-corrected chi connectivity index (χ0v) is 16.8. The molecular formula is C20H26Cl2N4. The third-order valence-corrected chi connectivity index (χ3v) is 5.79. The number of benzene rings is 1. The van der Waals surface area contributed by atoms with Crippen molar-refractivity contribution in [2.24, 2.45) is 5.92 Å². The minimum atomic E-state index is 0. The van der Waals surface area contributed by atoms with Gasteiger partial charge in [-0.2, -0.15) is 0 Å². The van der Waals surface area contributed by atoms with Gasteiger partial charge in [-0.05, 0) is 30.4 Å². The Labute approximate surface area is 167 Å². The third-order valence-electron chi connectivity index (χ3n) is 5.42. The highest BCUT2D eigenvalue weighted by atomic mass is 35.5. The molecule has 0 amide bonds. The van der Waals surface area contributed by atoms with Crippen LogP contribution in [0.15, 0.2) is 30.5 Å². The maximum absolute atomic E-state index is 6.30. The zero-order chi connectivity index (χ0) is 17.2. The summed E-state index contributed by atoms with van der Waals surface area (Å²) >= 11 is 6.30. The van der Waals surface area contributed by atoms with E-state index in [4.69, 9.17) is 16.6 Å². The second-order valence-electron chi connectivity index (χ2n) is 7.36. The highest BCUT2D eigenvalue weighted by molar-refractivity contribution is 6.31. The van der Waals surface area contributed by atoms with Crippen molar-refractivity contribution in [3.05, 3.63) is 52.3 Å². The molecule has 6 heteroatoms. The molecule has 0 unspecified atom stereocenters. The van der Waals surface area contributed by atoms with Gasteiger partial charge >= 0.3 is 0 Å². The second kappa shape index (κ2) is 8.55. The molecule has 1 saturated heterocycles. The van der Waals surface area contributed by atoms with Crippen LogP contribution in [0.3, 0.4) is 0 Å². The van der Waals surface area contributed by atoms with Crippen LogP contribution in [-0.4, -0.2) is 34.5 Å². The van der Waals surface area contributed by atoms with E-state index >= 15 is 0 Å². The van der Waals surface area contributed by atoms with Gasteiger partial charge in [0, 0.05) is 55.9 Å². The molecule has 26 heavy (non-hydrogen) atoms. The van der Waals surface area contributed by atoms with Crippen LogP contribution in [0.1, 0.15) is 36.6 Å². The number of aromatic nitrogens is 2. The van der Waals surface area contributed by atoms with E-state index in [0.29, 0.717) is 0 Å². The summed E-state index contributed by atoms with van der Waals surface area (Å²) < 4.78 is 0. The van der Waals surface area contributed by atoms with E-state index in [2.05, 4.69) is 27.8 Å². The molecular weight excluding hydrogens is 367 g/mol. The number of piperidine rings is 1. The summed E-state index contributed by atoms with van der Waals surface area (Å²) in [5.41, 5.74) is 3.67. The molecule has 0 aliphatic carbocycles. The minimum Gasteiger partial charge on any atom is -0.341 e. The van der Waals surface area contributed by atoms with E-state index in [-0.39, 0.29) is 12.4 Å². The molecule has 1 aromatic heterocycles. The lowest BCUT2D eigenvalue weighted by atomic mass is 9.99. The number of anilines is 1. The standard InChI is InChI=1S/C20H25ClN4.ClH/c1-15-6-10-25(11-7-15)20-22-12-17-14-24(9-8-19(17)23-20)13-16-4-2-3-5-18(16)21;/h2-5,12,15H,6-11,13-14H2,1H3;1H. The van der Waals surface area contributed by atoms with Gasteiger partial charge in [0.1, 0.15) is 0 Å². The number of halogens is 2. The fraction of sp³-hybridized carbons (Fsp3) is 0.500. The largest absolute Gasteiger partial charge is 0.341 e. The molecule has 3 heterocycles. The van der Waals surface area contributed by atoms with Gasteiger partial charge in [-0.15, -0.1) is 12.4 Å². The fourth-order valence-electron chi connectivity index (χ4n) is 3.73. The molecule has 0 saturated carbocycles. The van der Waals surface area contributed by atoms with Crippen molar-refractivity contribution in [1.29, 1.82) is 0 Å². The first kappa shape index (κ1) is 19.4. The van der Waals surface area contributed by atoms with Gasteiger partial charge in [-0.25, -0.2) is 9.97 Å². The number of rotatable bonds is 3. The molecule has 4 rings (SSSR count). The van der Waals surface area contributed by atoms with E-state index in [1.807, 2.05) is 24.4 Å². The lowest BCUT2D eigenvalue weighted by Crippen LogP contribution is -2.35. The number of fused-ring (bicyclic) bond motifs is 1. The van der Waals surface area contributed by atoms with Crippen molar-refractivity contribution < 1.29 is 0 Å². The van der Waals surface area contributed by atoms with E-state index in [1.54, 1.807) is 0 Å². The van der Waals surface area contributed by atoms with Crippen molar-refractivity contribution in [3.8, 4) is 0 Å². The Balaban J connectivity index is 0.00000196. The first-order valence-electron chi connectivity index (χ1n) is 9.24. The number of nitrogens with zero attached hydrogens (tertiary/aromatic N) is 4.